The van der Waals surface area contributed by atoms with Crippen LogP contribution < -0.4 is 5.32 Å². The summed E-state index contributed by atoms with van der Waals surface area (Å²) in [5.74, 6) is 0. The van der Waals surface area contributed by atoms with Gasteiger partial charge in [0.1, 0.15) is 0 Å². The van der Waals surface area contributed by atoms with E-state index >= 15 is 0 Å². The van der Waals surface area contributed by atoms with Crippen LogP contribution in [-0.4, -0.2) is 0 Å². The van der Waals surface area contributed by atoms with Crippen LogP contribution in [0.3, 0.4) is 0 Å². The zero-order valence-corrected chi connectivity index (χ0v) is 14.6. The van der Waals surface area contributed by atoms with Crippen LogP contribution in [-0.2, 0) is 6.54 Å². The standard InChI is InChI=1S/C14H12Br3N/c1-9-5-6-10(13(17)7-9)8-18-14-11(15)3-2-4-12(14)16/h2-7,18H,8H2,1H3. The topological polar surface area (TPSA) is 12.0 Å². The van der Waals surface area contributed by atoms with Crippen LogP contribution in [0.2, 0.25) is 0 Å². The van der Waals surface area contributed by atoms with Gasteiger partial charge in [-0.15, -0.1) is 0 Å². The maximum absolute atomic E-state index is 3.59. The van der Waals surface area contributed by atoms with Gasteiger partial charge >= 0.3 is 0 Å². The molecular formula is C14H12Br3N. The summed E-state index contributed by atoms with van der Waals surface area (Å²) >= 11 is 10.7. The summed E-state index contributed by atoms with van der Waals surface area (Å²) in [4.78, 5) is 0. The Morgan fingerprint density at radius 1 is 0.944 bits per heavy atom. The number of anilines is 1. The lowest BCUT2D eigenvalue weighted by Crippen LogP contribution is -2.01. The van der Waals surface area contributed by atoms with Gasteiger partial charge in [-0.1, -0.05) is 34.1 Å². The highest BCUT2D eigenvalue weighted by atomic mass is 79.9. The number of hydrogen-bond acceptors (Lipinski definition) is 1. The van der Waals surface area contributed by atoms with Gasteiger partial charge in [-0.2, -0.15) is 0 Å². The van der Waals surface area contributed by atoms with E-state index in [0.29, 0.717) is 0 Å². The molecule has 0 saturated carbocycles. The average Bonchev–Trinajstić information content (AvgIpc) is 2.31. The van der Waals surface area contributed by atoms with Gasteiger partial charge < -0.3 is 5.32 Å². The highest BCUT2D eigenvalue weighted by Gasteiger charge is 2.05. The van der Waals surface area contributed by atoms with Crippen molar-refractivity contribution in [3.63, 3.8) is 0 Å². The van der Waals surface area contributed by atoms with Crippen LogP contribution >= 0.6 is 47.8 Å². The van der Waals surface area contributed by atoms with E-state index < -0.39 is 0 Å². The predicted molar refractivity (Wildman–Crippen MR) is 88.0 cm³/mol. The minimum absolute atomic E-state index is 0.780. The zero-order chi connectivity index (χ0) is 13.1. The predicted octanol–water partition coefficient (Wildman–Crippen LogP) is 5.89. The largest absolute Gasteiger partial charge is 0.379 e. The van der Waals surface area contributed by atoms with E-state index in [2.05, 4.69) is 78.2 Å². The minimum Gasteiger partial charge on any atom is -0.379 e. The summed E-state index contributed by atoms with van der Waals surface area (Å²) in [5, 5.41) is 3.43. The number of nitrogens with one attached hydrogen (secondary N) is 1. The Hall–Kier alpha value is -0.320. The molecule has 0 heterocycles. The lowest BCUT2D eigenvalue weighted by molar-refractivity contribution is 1.12. The van der Waals surface area contributed by atoms with Crippen LogP contribution in [0.4, 0.5) is 5.69 Å². The number of benzene rings is 2. The lowest BCUT2D eigenvalue weighted by Gasteiger charge is -2.12. The van der Waals surface area contributed by atoms with Crippen molar-refractivity contribution in [3.05, 3.63) is 60.9 Å². The monoisotopic (exact) mass is 431 g/mol. The fraction of sp³-hybridized carbons (Fsp3) is 0.143. The molecule has 18 heavy (non-hydrogen) atoms. The van der Waals surface area contributed by atoms with Gasteiger partial charge in [-0.25, -0.2) is 0 Å². The van der Waals surface area contributed by atoms with Gasteiger partial charge in [-0.3, -0.25) is 0 Å². The van der Waals surface area contributed by atoms with E-state index in [1.165, 1.54) is 11.1 Å². The molecule has 94 valence electrons. The maximum Gasteiger partial charge on any atom is 0.0631 e. The van der Waals surface area contributed by atoms with Gasteiger partial charge in [0.25, 0.3) is 0 Å². The molecule has 1 nitrogen and oxygen atoms in total. The second-order valence-corrected chi connectivity index (χ2v) is 6.61. The molecule has 0 aliphatic heterocycles. The number of para-hydroxylation sites is 1. The van der Waals surface area contributed by atoms with Gasteiger partial charge in [0.2, 0.25) is 0 Å². The average molecular weight is 434 g/mol. The Balaban J connectivity index is 2.16. The molecule has 0 atom stereocenters. The van der Waals surface area contributed by atoms with Crippen molar-refractivity contribution >= 4 is 53.5 Å². The number of hydrogen-bond donors (Lipinski definition) is 1. The first kappa shape index (κ1) is 14.1. The Labute approximate surface area is 132 Å². The second kappa shape index (κ2) is 6.22. The highest BCUT2D eigenvalue weighted by molar-refractivity contribution is 9.11. The van der Waals surface area contributed by atoms with Crippen LogP contribution in [0, 0.1) is 6.92 Å². The summed E-state index contributed by atoms with van der Waals surface area (Å²) in [6.07, 6.45) is 0. The summed E-state index contributed by atoms with van der Waals surface area (Å²) in [6, 6.07) is 12.4. The Morgan fingerprint density at radius 2 is 1.61 bits per heavy atom. The van der Waals surface area contributed by atoms with Crippen LogP contribution in [0.5, 0.6) is 0 Å². The van der Waals surface area contributed by atoms with Crippen molar-refractivity contribution in [2.75, 3.05) is 5.32 Å². The molecule has 0 aliphatic rings. The zero-order valence-electron chi connectivity index (χ0n) is 9.81. The third kappa shape index (κ3) is 3.37. The molecule has 0 fully saturated rings. The lowest BCUT2D eigenvalue weighted by atomic mass is 10.1. The van der Waals surface area contributed by atoms with Crippen LogP contribution in [0.15, 0.2) is 49.8 Å². The van der Waals surface area contributed by atoms with E-state index in [1.807, 2.05) is 18.2 Å². The molecule has 0 unspecified atom stereocenters. The fourth-order valence-electron chi connectivity index (χ4n) is 1.65. The Kier molecular flexibility index (Phi) is 4.87. The third-order valence-corrected chi connectivity index (χ3v) is 4.69. The molecule has 0 amide bonds. The number of rotatable bonds is 3. The molecule has 2 aromatic rings. The first-order valence-electron chi connectivity index (χ1n) is 5.51. The van der Waals surface area contributed by atoms with E-state index in [9.17, 15) is 0 Å². The van der Waals surface area contributed by atoms with Crippen molar-refractivity contribution in [1.82, 2.24) is 0 Å². The normalized spacial score (nSPS) is 10.4. The van der Waals surface area contributed by atoms with E-state index in [4.69, 9.17) is 0 Å². The fourth-order valence-corrected chi connectivity index (χ4v) is 3.56. The van der Waals surface area contributed by atoms with Crippen molar-refractivity contribution in [1.29, 1.82) is 0 Å². The molecule has 0 aromatic heterocycles. The summed E-state index contributed by atoms with van der Waals surface area (Å²) in [5.41, 5.74) is 3.57. The molecule has 2 aromatic carbocycles. The van der Waals surface area contributed by atoms with Gasteiger partial charge in [0.15, 0.2) is 0 Å². The molecule has 1 N–H and O–H groups in total. The van der Waals surface area contributed by atoms with Gasteiger partial charge in [0.05, 0.1) is 5.69 Å². The molecule has 0 radical (unpaired) electrons. The molecule has 0 bridgehead atoms. The highest BCUT2D eigenvalue weighted by Crippen LogP contribution is 2.31. The minimum atomic E-state index is 0.780. The van der Waals surface area contributed by atoms with Crippen molar-refractivity contribution < 1.29 is 0 Å². The molecule has 0 saturated heterocycles. The summed E-state index contributed by atoms with van der Waals surface area (Å²) in [7, 11) is 0. The number of aryl methyl sites for hydroxylation is 1. The van der Waals surface area contributed by atoms with Crippen LogP contribution in [0.1, 0.15) is 11.1 Å². The maximum atomic E-state index is 3.59. The number of halogens is 3. The summed E-state index contributed by atoms with van der Waals surface area (Å²) < 4.78 is 3.25. The Morgan fingerprint density at radius 3 is 2.22 bits per heavy atom. The smallest absolute Gasteiger partial charge is 0.0631 e. The van der Waals surface area contributed by atoms with Gasteiger partial charge in [0, 0.05) is 20.0 Å². The quantitative estimate of drug-likeness (QED) is 0.635. The summed E-state index contributed by atoms with van der Waals surface area (Å²) in [6.45, 7) is 2.87. The SMILES string of the molecule is Cc1ccc(CNc2c(Br)cccc2Br)c(Br)c1. The van der Waals surface area contributed by atoms with E-state index in [1.54, 1.807) is 0 Å². The van der Waals surface area contributed by atoms with E-state index in [-0.39, 0.29) is 0 Å². The Bertz CT molecular complexity index is 547. The molecule has 4 heteroatoms. The third-order valence-electron chi connectivity index (χ3n) is 2.63. The van der Waals surface area contributed by atoms with Gasteiger partial charge in [-0.05, 0) is 68.1 Å². The molecule has 0 spiro atoms. The van der Waals surface area contributed by atoms with E-state index in [0.717, 1.165) is 25.7 Å². The first-order chi connectivity index (χ1) is 8.58. The first-order valence-corrected chi connectivity index (χ1v) is 7.89. The molecule has 0 aliphatic carbocycles. The van der Waals surface area contributed by atoms with Crippen molar-refractivity contribution in [2.24, 2.45) is 0 Å². The molecule has 2 rings (SSSR count). The van der Waals surface area contributed by atoms with Crippen molar-refractivity contribution in [3.8, 4) is 0 Å². The van der Waals surface area contributed by atoms with Crippen molar-refractivity contribution in [2.45, 2.75) is 13.5 Å². The second-order valence-electron chi connectivity index (χ2n) is 4.05. The van der Waals surface area contributed by atoms with Crippen LogP contribution in [0.25, 0.3) is 0 Å². The molecular weight excluding hydrogens is 422 g/mol.